The summed E-state index contributed by atoms with van der Waals surface area (Å²) >= 11 is 1.49. The molecule has 0 spiro atoms. The number of nitrogens with one attached hydrogen (secondary N) is 1. The molecular weight excluding hydrogens is 456 g/mol. The molecule has 0 saturated carbocycles. The van der Waals surface area contributed by atoms with E-state index in [0.717, 1.165) is 42.8 Å². The van der Waals surface area contributed by atoms with Crippen molar-refractivity contribution < 1.29 is 13.9 Å². The van der Waals surface area contributed by atoms with Gasteiger partial charge in [0, 0.05) is 25.0 Å². The van der Waals surface area contributed by atoms with E-state index < -0.39 is 11.5 Å². The van der Waals surface area contributed by atoms with E-state index in [1.807, 2.05) is 6.26 Å². The lowest BCUT2D eigenvalue weighted by Gasteiger charge is -2.17. The van der Waals surface area contributed by atoms with Crippen LogP contribution in [0, 0.1) is 0 Å². The predicted molar refractivity (Wildman–Crippen MR) is 130 cm³/mol. The topological polar surface area (TPSA) is 115 Å². The maximum absolute atomic E-state index is 12.7. The van der Waals surface area contributed by atoms with Gasteiger partial charge >= 0.3 is 5.63 Å². The van der Waals surface area contributed by atoms with Gasteiger partial charge in [-0.2, -0.15) is 5.10 Å². The Hall–Kier alpha value is -3.60. The predicted octanol–water partition coefficient (Wildman–Crippen LogP) is 2.69. The number of nitrogens with zero attached hydrogens (tertiary/aromatic N) is 5. The lowest BCUT2D eigenvalue weighted by molar-refractivity contribution is 0.0948. The fourth-order valence-electron chi connectivity index (χ4n) is 4.15. The summed E-state index contributed by atoms with van der Waals surface area (Å²) in [6.07, 6.45) is 6.02. The summed E-state index contributed by atoms with van der Waals surface area (Å²) in [6.45, 7) is 2.61. The van der Waals surface area contributed by atoms with Gasteiger partial charge in [0.05, 0.1) is 25.2 Å². The summed E-state index contributed by atoms with van der Waals surface area (Å²) in [5.41, 5.74) is 0.265. The number of anilines is 1. The molecule has 1 aliphatic rings. The minimum absolute atomic E-state index is 0.0607. The van der Waals surface area contributed by atoms with Gasteiger partial charge in [0.25, 0.3) is 5.91 Å². The molecule has 0 radical (unpaired) electrons. The van der Waals surface area contributed by atoms with Crippen LogP contribution in [0.3, 0.4) is 0 Å². The monoisotopic (exact) mass is 480 g/mol. The molecule has 176 valence electrons. The molecule has 4 heterocycles. The van der Waals surface area contributed by atoms with E-state index in [9.17, 15) is 9.59 Å². The highest BCUT2D eigenvalue weighted by Gasteiger charge is 2.21. The smallest absolute Gasteiger partial charge is 0.349 e. The number of amides is 1. The van der Waals surface area contributed by atoms with Crippen molar-refractivity contribution in [1.29, 1.82) is 0 Å². The summed E-state index contributed by atoms with van der Waals surface area (Å²) in [5.74, 6) is 0.838. The zero-order chi connectivity index (χ0) is 23.7. The van der Waals surface area contributed by atoms with Crippen LogP contribution in [-0.4, -0.2) is 58.7 Å². The van der Waals surface area contributed by atoms with Crippen LogP contribution in [0.2, 0.25) is 0 Å². The highest BCUT2D eigenvalue weighted by Crippen LogP contribution is 2.29. The molecule has 1 amide bonds. The summed E-state index contributed by atoms with van der Waals surface area (Å²) in [6, 6.07) is 6.74. The van der Waals surface area contributed by atoms with Gasteiger partial charge < -0.3 is 19.4 Å². The van der Waals surface area contributed by atoms with Crippen molar-refractivity contribution in [2.24, 2.45) is 0 Å². The van der Waals surface area contributed by atoms with Crippen LogP contribution in [0.25, 0.3) is 22.0 Å². The average Bonchev–Trinajstić information content (AvgIpc) is 3.53. The standard InChI is InChI=1S/C23H24N6O4S/c1-32-17-7-5-6-14-12-15(22(31)33-18(14)17)21(30)24-8-11-29-20-16(13-25-29)19(26-23(27-20)34-2)28-9-3-4-10-28/h5-7,12-13H,3-4,8-11H2,1-2H3,(H,24,30). The maximum atomic E-state index is 12.7. The zero-order valence-electron chi connectivity index (χ0n) is 18.9. The third kappa shape index (κ3) is 4.07. The minimum atomic E-state index is -0.716. The Labute approximate surface area is 199 Å². The first kappa shape index (κ1) is 22.2. The molecule has 11 heteroatoms. The molecule has 34 heavy (non-hydrogen) atoms. The van der Waals surface area contributed by atoms with Crippen LogP contribution in [0.5, 0.6) is 5.75 Å². The highest BCUT2D eigenvalue weighted by molar-refractivity contribution is 7.98. The first-order valence-corrected chi connectivity index (χ1v) is 12.2. The molecule has 0 atom stereocenters. The summed E-state index contributed by atoms with van der Waals surface area (Å²) in [5, 5.41) is 9.46. The SMILES string of the molecule is COc1cccc2cc(C(=O)NCCn3ncc4c(N5CCCC5)nc(SC)nc43)c(=O)oc12. The molecule has 1 saturated heterocycles. The van der Waals surface area contributed by atoms with Gasteiger partial charge in [-0.3, -0.25) is 4.79 Å². The normalized spacial score (nSPS) is 13.6. The summed E-state index contributed by atoms with van der Waals surface area (Å²) in [4.78, 5) is 36.8. The van der Waals surface area contributed by atoms with Crippen LogP contribution in [0.1, 0.15) is 23.2 Å². The van der Waals surface area contributed by atoms with E-state index in [-0.39, 0.29) is 12.1 Å². The van der Waals surface area contributed by atoms with Crippen molar-refractivity contribution in [3.8, 4) is 5.75 Å². The van der Waals surface area contributed by atoms with Gasteiger partial charge in [0.1, 0.15) is 11.4 Å². The van der Waals surface area contributed by atoms with Gasteiger partial charge in [-0.25, -0.2) is 19.4 Å². The van der Waals surface area contributed by atoms with Gasteiger partial charge in [0.2, 0.25) is 0 Å². The van der Waals surface area contributed by atoms with Gasteiger partial charge in [-0.05, 0) is 31.2 Å². The number of aromatic nitrogens is 4. The van der Waals surface area contributed by atoms with Crippen LogP contribution in [0.15, 0.2) is 44.8 Å². The Kier molecular flexibility index (Phi) is 6.10. The zero-order valence-corrected chi connectivity index (χ0v) is 19.7. The second-order valence-electron chi connectivity index (χ2n) is 7.92. The number of methoxy groups -OCH3 is 1. The van der Waals surface area contributed by atoms with Gasteiger partial charge in [0.15, 0.2) is 22.1 Å². The number of benzene rings is 1. The molecule has 3 aromatic heterocycles. The third-order valence-electron chi connectivity index (χ3n) is 5.84. The van der Waals surface area contributed by atoms with Crippen LogP contribution >= 0.6 is 11.8 Å². The van der Waals surface area contributed by atoms with Crippen molar-refractivity contribution >= 4 is 45.5 Å². The number of hydrogen-bond donors (Lipinski definition) is 1. The molecule has 0 aliphatic carbocycles. The Morgan fingerprint density at radius 1 is 1.26 bits per heavy atom. The number of carbonyl (C=O) groups is 1. The number of carbonyl (C=O) groups excluding carboxylic acids is 1. The number of thioether (sulfide) groups is 1. The van der Waals surface area contributed by atoms with Crippen LogP contribution < -0.4 is 20.6 Å². The molecule has 5 rings (SSSR count). The first-order valence-electron chi connectivity index (χ1n) is 11.0. The van der Waals surface area contributed by atoms with E-state index >= 15 is 0 Å². The number of para-hydroxylation sites is 1. The Morgan fingerprint density at radius 3 is 2.85 bits per heavy atom. The first-order chi connectivity index (χ1) is 16.6. The molecular formula is C23H24N6O4S. The lowest BCUT2D eigenvalue weighted by Crippen LogP contribution is -2.31. The molecule has 1 aliphatic heterocycles. The number of hydrogen-bond acceptors (Lipinski definition) is 9. The van der Waals surface area contributed by atoms with Crippen molar-refractivity contribution in [3.05, 3.63) is 46.4 Å². The average molecular weight is 481 g/mol. The van der Waals surface area contributed by atoms with E-state index in [2.05, 4.69) is 20.3 Å². The minimum Gasteiger partial charge on any atom is -0.493 e. The number of rotatable bonds is 7. The van der Waals surface area contributed by atoms with E-state index in [4.69, 9.17) is 14.1 Å². The van der Waals surface area contributed by atoms with Crippen molar-refractivity contribution in [2.45, 2.75) is 24.5 Å². The maximum Gasteiger partial charge on any atom is 0.349 e. The lowest BCUT2D eigenvalue weighted by atomic mass is 10.1. The highest BCUT2D eigenvalue weighted by atomic mass is 32.2. The third-order valence-corrected chi connectivity index (χ3v) is 6.39. The second kappa shape index (κ2) is 9.34. The molecule has 1 N–H and O–H groups in total. The van der Waals surface area contributed by atoms with Crippen molar-refractivity contribution in [3.63, 3.8) is 0 Å². The Balaban J connectivity index is 1.34. The summed E-state index contributed by atoms with van der Waals surface area (Å²) < 4.78 is 12.3. The van der Waals surface area contributed by atoms with Crippen molar-refractivity contribution in [2.75, 3.05) is 37.9 Å². The van der Waals surface area contributed by atoms with E-state index in [0.29, 0.717) is 28.4 Å². The number of ether oxygens (including phenoxy) is 1. The Bertz CT molecular complexity index is 1430. The number of fused-ring (bicyclic) bond motifs is 2. The summed E-state index contributed by atoms with van der Waals surface area (Å²) in [7, 11) is 1.50. The molecule has 4 aromatic rings. The second-order valence-corrected chi connectivity index (χ2v) is 8.69. The van der Waals surface area contributed by atoms with Crippen LogP contribution in [-0.2, 0) is 6.54 Å². The van der Waals surface area contributed by atoms with Crippen molar-refractivity contribution in [1.82, 2.24) is 25.1 Å². The molecule has 10 nitrogen and oxygen atoms in total. The van der Waals surface area contributed by atoms with Gasteiger partial charge in [-0.15, -0.1) is 0 Å². The molecule has 1 fully saturated rings. The van der Waals surface area contributed by atoms with Gasteiger partial charge in [-0.1, -0.05) is 23.9 Å². The quantitative estimate of drug-likeness (QED) is 0.242. The molecule has 1 aromatic carbocycles. The fraction of sp³-hybridized carbons (Fsp3) is 0.348. The Morgan fingerprint density at radius 2 is 2.09 bits per heavy atom. The molecule has 0 unspecified atom stereocenters. The van der Waals surface area contributed by atoms with E-state index in [1.54, 1.807) is 29.1 Å². The molecule has 0 bridgehead atoms. The largest absolute Gasteiger partial charge is 0.493 e. The van der Waals surface area contributed by atoms with E-state index in [1.165, 1.54) is 24.9 Å². The van der Waals surface area contributed by atoms with Crippen LogP contribution in [0.4, 0.5) is 5.82 Å². The fourth-order valence-corrected chi connectivity index (χ4v) is 4.51.